The standard InChI is InChI=1S/C30H32Cl2N4O5S/c1-4-6-7-19(5-2)28(21-10-14-23(37)15-11-21)20-8-12-22(13-9-20)33-34-29-18(3)35-36(30(29)38)26-16-25(32)27(17-24(26)31)42(39,40)41/h8-17,19,28,37-38H,4-7H2,1-3H3,(H,39,40,41)/b34-33+. The summed E-state index contributed by atoms with van der Waals surface area (Å²) in [5.74, 6) is 0.442. The predicted molar refractivity (Wildman–Crippen MR) is 164 cm³/mol. The van der Waals surface area contributed by atoms with Crippen LogP contribution in [0.25, 0.3) is 5.69 Å². The van der Waals surface area contributed by atoms with Crippen molar-refractivity contribution in [3.05, 3.63) is 87.5 Å². The number of phenols is 1. The van der Waals surface area contributed by atoms with Gasteiger partial charge in [0.1, 0.15) is 10.6 Å². The number of aryl methyl sites for hydroxylation is 1. The Labute approximate surface area is 255 Å². The number of hydrogen-bond acceptors (Lipinski definition) is 7. The van der Waals surface area contributed by atoms with E-state index in [-0.39, 0.29) is 39.0 Å². The maximum atomic E-state index is 11.5. The third kappa shape index (κ3) is 6.95. The Morgan fingerprint density at radius 3 is 2.12 bits per heavy atom. The van der Waals surface area contributed by atoms with E-state index in [9.17, 15) is 23.2 Å². The number of unbranched alkanes of at least 4 members (excludes halogenated alkanes) is 1. The molecule has 0 aliphatic carbocycles. The number of hydrogen-bond donors (Lipinski definition) is 3. The summed E-state index contributed by atoms with van der Waals surface area (Å²) in [5.41, 5.74) is 3.37. The number of rotatable bonds is 11. The van der Waals surface area contributed by atoms with Crippen LogP contribution in [0, 0.1) is 12.8 Å². The van der Waals surface area contributed by atoms with Crippen LogP contribution in [0.5, 0.6) is 11.6 Å². The summed E-state index contributed by atoms with van der Waals surface area (Å²) in [5, 5.41) is 33.0. The van der Waals surface area contributed by atoms with E-state index in [0.717, 1.165) is 47.6 Å². The molecule has 0 saturated heterocycles. The van der Waals surface area contributed by atoms with Gasteiger partial charge in [-0.15, -0.1) is 5.11 Å². The molecule has 0 spiro atoms. The van der Waals surface area contributed by atoms with E-state index in [2.05, 4.69) is 29.2 Å². The van der Waals surface area contributed by atoms with Crippen LogP contribution in [-0.4, -0.2) is 33.0 Å². The summed E-state index contributed by atoms with van der Waals surface area (Å²) in [6.45, 7) is 6.02. The Hall–Kier alpha value is -3.44. The molecule has 2 atom stereocenters. The van der Waals surface area contributed by atoms with Gasteiger partial charge in [0.15, 0.2) is 5.69 Å². The third-order valence-electron chi connectivity index (χ3n) is 7.21. The van der Waals surface area contributed by atoms with Crippen LogP contribution < -0.4 is 0 Å². The lowest BCUT2D eigenvalue weighted by atomic mass is 9.77. The molecule has 12 heteroatoms. The summed E-state index contributed by atoms with van der Waals surface area (Å²) in [6, 6.07) is 17.3. The van der Waals surface area contributed by atoms with Gasteiger partial charge < -0.3 is 10.2 Å². The van der Waals surface area contributed by atoms with Crippen molar-refractivity contribution >= 4 is 44.7 Å². The molecule has 0 radical (unpaired) electrons. The largest absolute Gasteiger partial charge is 0.508 e. The monoisotopic (exact) mass is 630 g/mol. The van der Waals surface area contributed by atoms with Gasteiger partial charge in [0.05, 0.1) is 27.1 Å². The van der Waals surface area contributed by atoms with E-state index < -0.39 is 15.0 Å². The fraction of sp³-hybridized carbons (Fsp3) is 0.300. The molecule has 222 valence electrons. The molecular formula is C30H32Cl2N4O5S. The van der Waals surface area contributed by atoms with Crippen LogP contribution in [0.15, 0.2) is 75.8 Å². The number of halogens is 2. The molecule has 0 fully saturated rings. The lowest BCUT2D eigenvalue weighted by molar-refractivity contribution is 0.405. The average Bonchev–Trinajstić information content (AvgIpc) is 3.23. The first-order valence-corrected chi connectivity index (χ1v) is 15.7. The van der Waals surface area contributed by atoms with E-state index in [1.165, 1.54) is 6.07 Å². The number of benzene rings is 3. The average molecular weight is 632 g/mol. The quantitative estimate of drug-likeness (QED) is 0.112. The maximum absolute atomic E-state index is 11.5. The second kappa shape index (κ2) is 13.2. The van der Waals surface area contributed by atoms with Crippen LogP contribution in [-0.2, 0) is 10.1 Å². The fourth-order valence-corrected chi connectivity index (χ4v) is 6.35. The van der Waals surface area contributed by atoms with E-state index in [4.69, 9.17) is 23.2 Å². The van der Waals surface area contributed by atoms with Crippen molar-refractivity contribution < 1.29 is 23.2 Å². The van der Waals surface area contributed by atoms with Gasteiger partial charge >= 0.3 is 0 Å². The molecule has 0 aliphatic rings. The molecule has 0 aliphatic heterocycles. The highest BCUT2D eigenvalue weighted by molar-refractivity contribution is 7.86. The molecule has 9 nitrogen and oxygen atoms in total. The van der Waals surface area contributed by atoms with Gasteiger partial charge in [-0.1, -0.05) is 80.6 Å². The number of aromatic nitrogens is 2. The molecule has 0 saturated carbocycles. The van der Waals surface area contributed by atoms with Gasteiger partial charge in [-0.05, 0) is 66.8 Å². The van der Waals surface area contributed by atoms with E-state index >= 15 is 0 Å². The van der Waals surface area contributed by atoms with Crippen molar-refractivity contribution in [2.45, 2.75) is 57.3 Å². The molecule has 3 aromatic carbocycles. The second-order valence-corrected chi connectivity index (χ2v) is 12.3. The number of azo groups is 1. The van der Waals surface area contributed by atoms with E-state index in [1.807, 2.05) is 36.4 Å². The molecular weight excluding hydrogens is 599 g/mol. The molecule has 3 N–H and O–H groups in total. The van der Waals surface area contributed by atoms with Crippen LogP contribution in [0.1, 0.15) is 62.3 Å². The van der Waals surface area contributed by atoms with Gasteiger partial charge in [-0.25, -0.2) is 0 Å². The molecule has 42 heavy (non-hydrogen) atoms. The highest BCUT2D eigenvalue weighted by atomic mass is 35.5. The predicted octanol–water partition coefficient (Wildman–Crippen LogP) is 8.91. The molecule has 0 amide bonds. The molecule has 4 rings (SSSR count). The SMILES string of the molecule is CCCCC(CC)C(c1ccc(O)cc1)c1ccc(/N=N/c2c(C)nn(-c3cc(Cl)c(S(=O)(=O)O)cc3Cl)c2O)cc1. The minimum Gasteiger partial charge on any atom is -0.508 e. The van der Waals surface area contributed by atoms with Gasteiger partial charge in [0, 0.05) is 5.92 Å². The van der Waals surface area contributed by atoms with Gasteiger partial charge in [-0.3, -0.25) is 4.55 Å². The summed E-state index contributed by atoms with van der Waals surface area (Å²) < 4.78 is 33.5. The Morgan fingerprint density at radius 2 is 1.55 bits per heavy atom. The first-order chi connectivity index (χ1) is 19.9. The molecule has 1 heterocycles. The van der Waals surface area contributed by atoms with Crippen molar-refractivity contribution in [1.29, 1.82) is 0 Å². The topological polar surface area (TPSA) is 137 Å². The normalized spacial score (nSPS) is 13.5. The van der Waals surface area contributed by atoms with Gasteiger partial charge in [0.2, 0.25) is 5.88 Å². The second-order valence-electron chi connectivity index (χ2n) is 10.0. The van der Waals surface area contributed by atoms with Crippen molar-refractivity contribution in [2.75, 3.05) is 0 Å². The first kappa shape index (κ1) is 31.5. The van der Waals surface area contributed by atoms with Crippen LogP contribution >= 0.6 is 23.2 Å². The van der Waals surface area contributed by atoms with Crippen molar-refractivity contribution in [1.82, 2.24) is 9.78 Å². The minimum atomic E-state index is -4.60. The Balaban J connectivity index is 1.63. The zero-order valence-electron chi connectivity index (χ0n) is 23.4. The number of aromatic hydroxyl groups is 2. The van der Waals surface area contributed by atoms with Crippen molar-refractivity contribution in [2.24, 2.45) is 16.1 Å². The number of phenolic OH excluding ortho intramolecular Hbond substituents is 1. The fourth-order valence-electron chi connectivity index (χ4n) is 5.02. The summed E-state index contributed by atoms with van der Waals surface area (Å²) >= 11 is 12.3. The molecule has 0 bridgehead atoms. The van der Waals surface area contributed by atoms with E-state index in [1.54, 1.807) is 19.1 Å². The Kier molecular flexibility index (Phi) is 9.93. The first-order valence-electron chi connectivity index (χ1n) is 13.5. The van der Waals surface area contributed by atoms with Crippen LogP contribution in [0.4, 0.5) is 11.4 Å². The zero-order chi connectivity index (χ0) is 30.6. The smallest absolute Gasteiger partial charge is 0.296 e. The highest BCUT2D eigenvalue weighted by Gasteiger charge is 2.24. The third-order valence-corrected chi connectivity index (χ3v) is 8.83. The van der Waals surface area contributed by atoms with E-state index in [0.29, 0.717) is 17.3 Å². The summed E-state index contributed by atoms with van der Waals surface area (Å²) in [7, 11) is -4.60. The van der Waals surface area contributed by atoms with Crippen LogP contribution in [0.3, 0.4) is 0 Å². The number of nitrogens with zero attached hydrogens (tertiary/aromatic N) is 4. The lowest BCUT2D eigenvalue weighted by Gasteiger charge is -2.27. The minimum absolute atomic E-state index is 0.0919. The van der Waals surface area contributed by atoms with Gasteiger partial charge in [0.25, 0.3) is 10.1 Å². The zero-order valence-corrected chi connectivity index (χ0v) is 25.7. The van der Waals surface area contributed by atoms with Crippen molar-refractivity contribution in [3.8, 4) is 17.3 Å². The maximum Gasteiger partial charge on any atom is 0.296 e. The van der Waals surface area contributed by atoms with Crippen LogP contribution in [0.2, 0.25) is 10.0 Å². The lowest BCUT2D eigenvalue weighted by Crippen LogP contribution is -2.14. The molecule has 2 unspecified atom stereocenters. The van der Waals surface area contributed by atoms with Gasteiger partial charge in [-0.2, -0.15) is 23.3 Å². The summed E-state index contributed by atoms with van der Waals surface area (Å²) in [6.07, 6.45) is 4.37. The van der Waals surface area contributed by atoms with Crippen molar-refractivity contribution in [3.63, 3.8) is 0 Å². The Morgan fingerprint density at radius 1 is 0.929 bits per heavy atom. The molecule has 4 aromatic rings. The highest BCUT2D eigenvalue weighted by Crippen LogP contribution is 2.40. The Bertz CT molecular complexity index is 1690. The molecule has 1 aromatic heterocycles. The summed E-state index contributed by atoms with van der Waals surface area (Å²) in [4.78, 5) is -0.562.